The molecule has 0 saturated heterocycles. The molecule has 13 heavy (non-hydrogen) atoms. The van der Waals surface area contributed by atoms with Crippen LogP contribution in [0.15, 0.2) is 4.42 Å². The first-order valence-electron chi connectivity index (χ1n) is 3.60. The van der Waals surface area contributed by atoms with Gasteiger partial charge in [-0.1, -0.05) is 11.3 Å². The molecule has 0 aliphatic heterocycles. The molecule has 0 spiro atoms. The predicted molar refractivity (Wildman–Crippen MR) is 57.6 cm³/mol. The van der Waals surface area contributed by atoms with Crippen LogP contribution in [0.5, 0.6) is 0 Å². The highest BCUT2D eigenvalue weighted by molar-refractivity contribution is 14.1. The molecule has 2 aromatic rings. The molecule has 0 atom stereocenters. The summed E-state index contributed by atoms with van der Waals surface area (Å²) in [7, 11) is 0. The summed E-state index contributed by atoms with van der Waals surface area (Å²) in [5.41, 5.74) is 0.866. The maximum atomic E-state index is 5.41. The average molecular weight is 307 g/mol. The molecular formula is C7H6IN3OS. The molecule has 4 nitrogen and oxygen atoms in total. The van der Waals surface area contributed by atoms with Gasteiger partial charge in [0, 0.05) is 6.92 Å². The summed E-state index contributed by atoms with van der Waals surface area (Å²) in [5.74, 6) is 1.40. The SMILES string of the molecule is Cc1nc(C)c(-c2nnc(I)s2)o1. The largest absolute Gasteiger partial charge is 0.438 e. The zero-order valence-corrected chi connectivity index (χ0v) is 10.0. The molecule has 0 N–H and O–H groups in total. The van der Waals surface area contributed by atoms with Gasteiger partial charge in [0.15, 0.2) is 19.7 Å². The number of aryl methyl sites for hydroxylation is 2. The number of rotatable bonds is 1. The highest BCUT2D eigenvalue weighted by atomic mass is 127. The van der Waals surface area contributed by atoms with Crippen molar-refractivity contribution in [2.75, 3.05) is 0 Å². The molecule has 0 fully saturated rings. The van der Waals surface area contributed by atoms with Crippen molar-refractivity contribution in [1.29, 1.82) is 0 Å². The third kappa shape index (κ3) is 1.73. The molecule has 0 saturated carbocycles. The van der Waals surface area contributed by atoms with Gasteiger partial charge in [-0.15, -0.1) is 10.2 Å². The van der Waals surface area contributed by atoms with Crippen LogP contribution in [0.1, 0.15) is 11.6 Å². The Morgan fingerprint density at radius 2 is 2.08 bits per heavy atom. The number of hydrogen-bond acceptors (Lipinski definition) is 5. The van der Waals surface area contributed by atoms with Crippen molar-refractivity contribution >= 4 is 33.9 Å². The van der Waals surface area contributed by atoms with Gasteiger partial charge in [-0.05, 0) is 29.5 Å². The zero-order chi connectivity index (χ0) is 9.42. The monoisotopic (exact) mass is 307 g/mol. The number of nitrogens with zero attached hydrogens (tertiary/aromatic N) is 3. The molecule has 2 rings (SSSR count). The van der Waals surface area contributed by atoms with E-state index in [1.54, 1.807) is 0 Å². The van der Waals surface area contributed by atoms with Gasteiger partial charge in [-0.25, -0.2) is 4.98 Å². The van der Waals surface area contributed by atoms with Crippen LogP contribution in [0.3, 0.4) is 0 Å². The fourth-order valence-corrected chi connectivity index (χ4v) is 2.37. The van der Waals surface area contributed by atoms with E-state index in [4.69, 9.17) is 4.42 Å². The van der Waals surface area contributed by atoms with Crippen molar-refractivity contribution < 1.29 is 4.42 Å². The minimum atomic E-state index is 0.665. The van der Waals surface area contributed by atoms with Crippen molar-refractivity contribution in [2.24, 2.45) is 0 Å². The van der Waals surface area contributed by atoms with Crippen molar-refractivity contribution in [3.63, 3.8) is 0 Å². The van der Waals surface area contributed by atoms with E-state index < -0.39 is 0 Å². The van der Waals surface area contributed by atoms with Gasteiger partial charge in [0.25, 0.3) is 0 Å². The molecule has 0 aliphatic carbocycles. The van der Waals surface area contributed by atoms with Gasteiger partial charge in [0.1, 0.15) is 0 Å². The lowest BCUT2D eigenvalue weighted by Crippen LogP contribution is -1.77. The summed E-state index contributed by atoms with van der Waals surface area (Å²) in [6.45, 7) is 3.72. The second-order valence-corrected chi connectivity index (χ2v) is 5.24. The Hall–Kier alpha value is -0.500. The Bertz CT molecular complexity index is 437. The number of hydrogen-bond donors (Lipinski definition) is 0. The molecule has 0 aromatic carbocycles. The quantitative estimate of drug-likeness (QED) is 0.759. The molecule has 68 valence electrons. The minimum absolute atomic E-state index is 0.665. The molecule has 2 heterocycles. The second kappa shape index (κ2) is 3.33. The van der Waals surface area contributed by atoms with E-state index >= 15 is 0 Å². The topological polar surface area (TPSA) is 51.8 Å². The van der Waals surface area contributed by atoms with E-state index in [0.717, 1.165) is 19.5 Å². The first kappa shape index (κ1) is 9.07. The molecule has 0 radical (unpaired) electrons. The fraction of sp³-hybridized carbons (Fsp3) is 0.286. The lowest BCUT2D eigenvalue weighted by molar-refractivity contribution is 0.533. The first-order valence-corrected chi connectivity index (χ1v) is 5.50. The molecule has 0 bridgehead atoms. The number of halogens is 1. The first-order chi connectivity index (χ1) is 6.16. The van der Waals surface area contributed by atoms with Gasteiger partial charge in [-0.3, -0.25) is 0 Å². The average Bonchev–Trinajstić information content (AvgIpc) is 2.58. The minimum Gasteiger partial charge on any atom is -0.438 e. The second-order valence-electron chi connectivity index (χ2n) is 2.51. The van der Waals surface area contributed by atoms with Gasteiger partial charge in [-0.2, -0.15) is 0 Å². The maximum Gasteiger partial charge on any atom is 0.192 e. The molecule has 6 heteroatoms. The molecule has 0 amide bonds. The van der Waals surface area contributed by atoms with Crippen LogP contribution in [0.2, 0.25) is 0 Å². The van der Waals surface area contributed by atoms with Gasteiger partial charge < -0.3 is 4.42 Å². The van der Waals surface area contributed by atoms with Gasteiger partial charge >= 0.3 is 0 Å². The molecule has 2 aromatic heterocycles. The number of oxazole rings is 1. The van der Waals surface area contributed by atoms with Crippen molar-refractivity contribution in [2.45, 2.75) is 13.8 Å². The van der Waals surface area contributed by atoms with E-state index in [9.17, 15) is 0 Å². The maximum absolute atomic E-state index is 5.41. The molecular weight excluding hydrogens is 301 g/mol. The fourth-order valence-electron chi connectivity index (χ4n) is 1.03. The van der Waals surface area contributed by atoms with E-state index in [1.165, 1.54) is 11.3 Å². The van der Waals surface area contributed by atoms with E-state index in [2.05, 4.69) is 37.8 Å². The van der Waals surface area contributed by atoms with Crippen molar-refractivity contribution in [1.82, 2.24) is 15.2 Å². The summed E-state index contributed by atoms with van der Waals surface area (Å²) in [6.07, 6.45) is 0. The van der Waals surface area contributed by atoms with Crippen LogP contribution in [0, 0.1) is 16.9 Å². The third-order valence-electron chi connectivity index (χ3n) is 1.50. The third-order valence-corrected chi connectivity index (χ3v) is 3.08. The van der Waals surface area contributed by atoms with Gasteiger partial charge in [0.05, 0.1) is 5.69 Å². The summed E-state index contributed by atoms with van der Waals surface area (Å²) >= 11 is 3.63. The number of aromatic nitrogens is 3. The van der Waals surface area contributed by atoms with E-state index in [1.807, 2.05) is 13.8 Å². The van der Waals surface area contributed by atoms with Crippen LogP contribution >= 0.6 is 33.9 Å². The summed E-state index contributed by atoms with van der Waals surface area (Å²) in [5, 5.41) is 8.69. The van der Waals surface area contributed by atoms with Crippen LogP contribution in [0.25, 0.3) is 10.8 Å². The van der Waals surface area contributed by atoms with Crippen LogP contribution in [-0.4, -0.2) is 15.2 Å². The van der Waals surface area contributed by atoms with Gasteiger partial charge in [0.2, 0.25) is 0 Å². The Morgan fingerprint density at radius 3 is 2.54 bits per heavy atom. The normalized spacial score (nSPS) is 10.7. The smallest absolute Gasteiger partial charge is 0.192 e. The van der Waals surface area contributed by atoms with Crippen molar-refractivity contribution in [3.05, 3.63) is 14.6 Å². The van der Waals surface area contributed by atoms with Crippen LogP contribution in [0.4, 0.5) is 0 Å². The highest BCUT2D eigenvalue weighted by Gasteiger charge is 2.13. The highest BCUT2D eigenvalue weighted by Crippen LogP contribution is 2.27. The summed E-state index contributed by atoms with van der Waals surface area (Å²) in [6, 6.07) is 0. The Labute approximate surface area is 92.5 Å². The van der Waals surface area contributed by atoms with E-state index in [0.29, 0.717) is 5.89 Å². The van der Waals surface area contributed by atoms with Crippen molar-refractivity contribution in [3.8, 4) is 10.8 Å². The standard InChI is InChI=1S/C7H6IN3OS/c1-3-5(12-4(2)9-3)6-10-11-7(8)13-6/h1-2H3. The lowest BCUT2D eigenvalue weighted by Gasteiger charge is -1.86. The Balaban J connectivity index is 2.51. The summed E-state index contributed by atoms with van der Waals surface area (Å²) in [4.78, 5) is 4.17. The molecule has 0 aliphatic rings. The summed E-state index contributed by atoms with van der Waals surface area (Å²) < 4.78 is 6.31. The predicted octanol–water partition coefficient (Wildman–Crippen LogP) is 2.41. The Kier molecular flexibility index (Phi) is 2.33. The van der Waals surface area contributed by atoms with Crippen LogP contribution < -0.4 is 0 Å². The zero-order valence-electron chi connectivity index (χ0n) is 7.04. The van der Waals surface area contributed by atoms with E-state index in [-0.39, 0.29) is 0 Å². The molecule has 0 unspecified atom stereocenters. The Morgan fingerprint density at radius 1 is 1.31 bits per heavy atom. The lowest BCUT2D eigenvalue weighted by atomic mass is 10.4. The van der Waals surface area contributed by atoms with Crippen LogP contribution in [-0.2, 0) is 0 Å².